The van der Waals surface area contributed by atoms with Gasteiger partial charge in [-0.25, -0.2) is 0 Å². The molecule has 5 N–H and O–H groups in total. The zero-order valence-electron chi connectivity index (χ0n) is 40.0. The number of benzene rings is 2. The Balaban J connectivity index is 0.000000117. The van der Waals surface area contributed by atoms with Crippen LogP contribution in [0.25, 0.3) is 0 Å². The Labute approximate surface area is 393 Å². The van der Waals surface area contributed by atoms with Gasteiger partial charge in [-0.1, -0.05) is 44.4 Å². The molecule has 2 aromatic rings. The average Bonchev–Trinajstić information content (AvgIpc) is 3.86. The minimum absolute atomic E-state index is 0.0883. The lowest BCUT2D eigenvalue weighted by Crippen LogP contribution is -2.53. The first-order chi connectivity index (χ1) is 31.5. The number of allylic oxidation sites excluding steroid dienone is 1. The molecule has 2 aromatic carbocycles. The van der Waals surface area contributed by atoms with Crippen molar-refractivity contribution in [3.63, 3.8) is 0 Å². The van der Waals surface area contributed by atoms with E-state index in [1.807, 2.05) is 24.3 Å². The minimum Gasteiger partial charge on any atom is -0.508 e. The van der Waals surface area contributed by atoms with Crippen LogP contribution in [0, 0.1) is 75.9 Å². The molecule has 7 fully saturated rings. The summed E-state index contributed by atoms with van der Waals surface area (Å²) in [6, 6.07) is 11.8. The number of aromatic hydroxyl groups is 2. The van der Waals surface area contributed by atoms with Gasteiger partial charge in [-0.3, -0.25) is 9.59 Å². The molecule has 0 saturated heterocycles. The third-order valence-corrected chi connectivity index (χ3v) is 21.3. The van der Waals surface area contributed by atoms with Gasteiger partial charge in [0.25, 0.3) is 0 Å². The van der Waals surface area contributed by atoms with Crippen LogP contribution in [-0.4, -0.2) is 61.2 Å². The fraction of sp³-hybridized carbons (Fsp3) is 0.690. The van der Waals surface area contributed by atoms with Crippen LogP contribution in [0.15, 0.2) is 48.0 Å². The minimum atomic E-state index is -0.729. The molecule has 10 aliphatic rings. The number of aliphatic hydroxyl groups is 3. The van der Waals surface area contributed by atoms with Crippen molar-refractivity contribution in [2.24, 2.45) is 63.6 Å². The van der Waals surface area contributed by atoms with Gasteiger partial charge in [0.05, 0.1) is 18.3 Å². The Bertz CT molecular complexity index is 2290. The number of ketones is 1. The molecule has 0 aliphatic heterocycles. The highest BCUT2D eigenvalue weighted by molar-refractivity contribution is 5.91. The predicted octanol–water partition coefficient (Wildman–Crippen LogP) is 10.3. The molecular formula is C58H76O8. The number of fused-ring (bicyclic) bond motifs is 15. The molecule has 0 unspecified atom stereocenters. The summed E-state index contributed by atoms with van der Waals surface area (Å²) in [5.41, 5.74) is 6.12. The lowest BCUT2D eigenvalue weighted by molar-refractivity contribution is -0.167. The quantitative estimate of drug-likeness (QED) is 0.141. The maximum absolute atomic E-state index is 11.8. The number of phenolic OH excluding ortho intramolecular Hbond substituents is 2. The molecule has 10 aliphatic carbocycles. The zero-order chi connectivity index (χ0) is 46.5. The Kier molecular flexibility index (Phi) is 11.9. The van der Waals surface area contributed by atoms with Gasteiger partial charge in [-0.2, -0.15) is 0 Å². The van der Waals surface area contributed by atoms with Crippen molar-refractivity contribution >= 4 is 11.8 Å². The number of esters is 1. The molecule has 0 heterocycles. The van der Waals surface area contributed by atoms with Crippen LogP contribution >= 0.6 is 0 Å². The number of aliphatic hydroxyl groups excluding tert-OH is 3. The first-order valence-electron chi connectivity index (χ1n) is 26.1. The van der Waals surface area contributed by atoms with E-state index < -0.39 is 17.8 Å². The Morgan fingerprint density at radius 1 is 0.652 bits per heavy atom. The topological polar surface area (TPSA) is 145 Å². The number of phenols is 2. The van der Waals surface area contributed by atoms with Crippen molar-refractivity contribution in [2.75, 3.05) is 0 Å². The van der Waals surface area contributed by atoms with Gasteiger partial charge < -0.3 is 30.3 Å². The fourth-order valence-electron chi connectivity index (χ4n) is 18.0. The van der Waals surface area contributed by atoms with E-state index in [1.165, 1.54) is 54.0 Å². The standard InChI is InChI=1S/C22H28O3.C18H24O3.C18H24O2/c1-4-22(25-14(2)23)12-10-20-19-7-5-15-13-16(24)6-8-17(15)18(19)9-11-21(20,22)3;1-18-7-6-13-12-5-3-11(19)8-10(12)2-4-14(13)15(18)9-16(20)17(18)21;1-18-9-8-14-13-5-3-12(19)10-11(13)2-4-15(14)16(18)6-7-17(18)20/h1,13,17-20H,5-12H2,2-3H3;3,5,8,13-17,19-21H,2,4,6-7,9H2,1H3;3,5,10,14-17,19-20H,2,4,6-9H2,1H3/t17-,18+,19+,20-,21-,22+;13-,14+,15+,16-,17+,18+;14-,15+,16+,17+,18+/m011/s1. The third-order valence-electron chi connectivity index (χ3n) is 21.3. The number of rotatable bonds is 1. The van der Waals surface area contributed by atoms with E-state index in [2.05, 4.69) is 38.8 Å². The van der Waals surface area contributed by atoms with Crippen molar-refractivity contribution in [3.8, 4) is 23.8 Å². The molecule has 12 rings (SSSR count). The zero-order valence-corrected chi connectivity index (χ0v) is 40.0. The third kappa shape index (κ3) is 7.33. The lowest BCUT2D eigenvalue weighted by atomic mass is 9.50. The van der Waals surface area contributed by atoms with E-state index >= 15 is 0 Å². The largest absolute Gasteiger partial charge is 0.508 e. The molecular weight excluding hydrogens is 825 g/mol. The summed E-state index contributed by atoms with van der Waals surface area (Å²) < 4.78 is 5.79. The SMILES string of the molecule is C#C[C@@]1(OC(C)=O)CC[C@H]2[C@@H]3CCC4=CC(=O)CC[C@@H]4[C@H]3CC[C@@]21C.C[C@]12CC[C@@H]3c4ccc(O)cc4CC[C@@H]3[C@@H]1CC[C@@H]2O.C[C@]12CC[C@@H]3c4ccc(O)cc4CC[C@@H]3[C@@H]1C[C@@H](O)[C@@H]2O. The summed E-state index contributed by atoms with van der Waals surface area (Å²) in [5, 5.41) is 50.3. The summed E-state index contributed by atoms with van der Waals surface area (Å²) in [4.78, 5) is 23.5. The molecule has 8 heteroatoms. The Hall–Kier alpha value is -3.64. The van der Waals surface area contributed by atoms with Gasteiger partial charge in [0.15, 0.2) is 11.4 Å². The summed E-state index contributed by atoms with van der Waals surface area (Å²) in [6.45, 7) is 8.22. The average molecular weight is 901 g/mol. The highest BCUT2D eigenvalue weighted by Gasteiger charge is 2.64. The molecule has 66 heavy (non-hydrogen) atoms. The van der Waals surface area contributed by atoms with Crippen LogP contribution < -0.4 is 0 Å². The second-order valence-electron chi connectivity index (χ2n) is 23.9. The van der Waals surface area contributed by atoms with Gasteiger partial charge >= 0.3 is 5.97 Å². The van der Waals surface area contributed by atoms with E-state index in [1.54, 1.807) is 6.07 Å². The smallest absolute Gasteiger partial charge is 0.304 e. The number of carbonyl (C=O) groups is 2. The maximum atomic E-state index is 11.8. The monoisotopic (exact) mass is 901 g/mol. The summed E-state index contributed by atoms with van der Waals surface area (Å²) in [6.07, 6.45) is 26.4. The highest BCUT2D eigenvalue weighted by atomic mass is 16.6. The van der Waals surface area contributed by atoms with Crippen LogP contribution in [0.2, 0.25) is 0 Å². The first-order valence-corrected chi connectivity index (χ1v) is 26.1. The summed E-state index contributed by atoms with van der Waals surface area (Å²) >= 11 is 0. The summed E-state index contributed by atoms with van der Waals surface area (Å²) in [7, 11) is 0. The van der Waals surface area contributed by atoms with Crippen LogP contribution in [0.1, 0.15) is 171 Å². The molecule has 8 nitrogen and oxygen atoms in total. The van der Waals surface area contributed by atoms with Gasteiger partial charge in [-0.15, -0.1) is 6.42 Å². The number of aryl methyl sites for hydroxylation is 2. The predicted molar refractivity (Wildman–Crippen MR) is 254 cm³/mol. The van der Waals surface area contributed by atoms with Crippen LogP contribution in [-0.2, 0) is 27.2 Å². The number of terminal acetylenes is 1. The van der Waals surface area contributed by atoms with Crippen LogP contribution in [0.4, 0.5) is 0 Å². The van der Waals surface area contributed by atoms with Crippen molar-refractivity contribution in [1.29, 1.82) is 0 Å². The van der Waals surface area contributed by atoms with Crippen LogP contribution in [0.3, 0.4) is 0 Å². The molecule has 356 valence electrons. The fourth-order valence-corrected chi connectivity index (χ4v) is 18.0. The maximum Gasteiger partial charge on any atom is 0.304 e. The molecule has 0 bridgehead atoms. The normalized spacial score (nSPS) is 44.4. The number of carbonyl (C=O) groups excluding carboxylic acids is 2. The molecule has 7 saturated carbocycles. The molecule has 17 atom stereocenters. The van der Waals surface area contributed by atoms with Crippen molar-refractivity contribution in [1.82, 2.24) is 0 Å². The molecule has 0 spiro atoms. The van der Waals surface area contributed by atoms with Crippen molar-refractivity contribution < 1.29 is 39.9 Å². The summed E-state index contributed by atoms with van der Waals surface area (Å²) in [5.74, 6) is 9.77. The second kappa shape index (κ2) is 17.1. The van der Waals surface area contributed by atoms with Gasteiger partial charge in [0.2, 0.25) is 0 Å². The Morgan fingerprint density at radius 3 is 1.91 bits per heavy atom. The van der Waals surface area contributed by atoms with E-state index in [4.69, 9.17) is 11.2 Å². The first kappa shape index (κ1) is 46.1. The van der Waals surface area contributed by atoms with Crippen LogP contribution in [0.5, 0.6) is 11.5 Å². The van der Waals surface area contributed by atoms with E-state index in [0.717, 1.165) is 102 Å². The van der Waals surface area contributed by atoms with Gasteiger partial charge in [-0.05, 0) is 238 Å². The van der Waals surface area contributed by atoms with Gasteiger partial charge in [0.1, 0.15) is 11.5 Å². The number of ether oxygens (including phenoxy) is 1. The number of hydrogen-bond donors (Lipinski definition) is 5. The lowest BCUT2D eigenvalue weighted by Gasteiger charge is -2.55. The number of hydrogen-bond acceptors (Lipinski definition) is 8. The van der Waals surface area contributed by atoms with Crippen molar-refractivity contribution in [2.45, 2.75) is 185 Å². The van der Waals surface area contributed by atoms with Crippen molar-refractivity contribution in [3.05, 3.63) is 70.3 Å². The second-order valence-corrected chi connectivity index (χ2v) is 23.9. The molecule has 0 radical (unpaired) electrons. The molecule has 0 aromatic heterocycles. The molecule has 0 amide bonds. The van der Waals surface area contributed by atoms with Gasteiger partial charge in [0, 0.05) is 18.8 Å². The van der Waals surface area contributed by atoms with E-state index in [-0.39, 0.29) is 28.3 Å². The highest BCUT2D eigenvalue weighted by Crippen LogP contribution is 2.66. The van der Waals surface area contributed by atoms with E-state index in [9.17, 15) is 35.1 Å². The Morgan fingerprint density at radius 2 is 1.27 bits per heavy atom. The van der Waals surface area contributed by atoms with E-state index in [0.29, 0.717) is 77.0 Å².